The second kappa shape index (κ2) is 6.93. The van der Waals surface area contributed by atoms with Crippen molar-refractivity contribution in [2.45, 2.75) is 72.6 Å². The lowest BCUT2D eigenvalue weighted by molar-refractivity contribution is -0.148. The maximum absolute atomic E-state index is 11.6. The Hall–Kier alpha value is -1.05. The average Bonchev–Trinajstić information content (AvgIpc) is 2.59. The molecule has 25 heavy (non-hydrogen) atoms. The zero-order valence-corrected chi connectivity index (χ0v) is 16.6. The van der Waals surface area contributed by atoms with E-state index in [1.165, 1.54) is 44.6 Å². The van der Waals surface area contributed by atoms with Crippen molar-refractivity contribution in [1.82, 2.24) is 0 Å². The molecular weight excluding hydrogens is 308 g/mol. The first-order chi connectivity index (χ1) is 11.8. The predicted molar refractivity (Wildman–Crippen MR) is 103 cm³/mol. The molecule has 140 valence electrons. The summed E-state index contributed by atoms with van der Waals surface area (Å²) in [6, 6.07) is 0. The smallest absolute Gasteiger partial charge is 0.330 e. The number of fused-ring (bicyclic) bond motifs is 3. The van der Waals surface area contributed by atoms with Gasteiger partial charge in [0, 0.05) is 11.5 Å². The quantitative estimate of drug-likeness (QED) is 0.359. The van der Waals surface area contributed by atoms with E-state index < -0.39 is 0 Å². The predicted octanol–water partition coefficient (Wildman–Crippen LogP) is 5.93. The summed E-state index contributed by atoms with van der Waals surface area (Å²) in [5.41, 5.74) is 2.22. The van der Waals surface area contributed by atoms with Crippen LogP contribution in [-0.2, 0) is 9.53 Å². The van der Waals surface area contributed by atoms with Crippen LogP contribution in [0.5, 0.6) is 0 Å². The van der Waals surface area contributed by atoms with Crippen molar-refractivity contribution in [3.8, 4) is 0 Å². The third kappa shape index (κ3) is 3.34. The van der Waals surface area contributed by atoms with Gasteiger partial charge in [-0.1, -0.05) is 52.3 Å². The molecule has 0 amide bonds. The molecule has 3 aliphatic rings. The van der Waals surface area contributed by atoms with E-state index in [0.29, 0.717) is 17.9 Å². The number of carbonyl (C=O) groups is 1. The van der Waals surface area contributed by atoms with Crippen LogP contribution in [0.3, 0.4) is 0 Å². The monoisotopic (exact) mass is 344 g/mol. The van der Waals surface area contributed by atoms with E-state index >= 15 is 0 Å². The van der Waals surface area contributed by atoms with E-state index in [-0.39, 0.29) is 11.4 Å². The number of ether oxygens (including phenoxy) is 1. The number of rotatable bonds is 4. The van der Waals surface area contributed by atoms with Gasteiger partial charge in [-0.2, -0.15) is 0 Å². The topological polar surface area (TPSA) is 26.3 Å². The molecule has 0 saturated heterocycles. The van der Waals surface area contributed by atoms with Crippen molar-refractivity contribution in [2.24, 2.45) is 34.5 Å². The molecule has 3 rings (SSSR count). The molecule has 0 radical (unpaired) electrons. The maximum Gasteiger partial charge on any atom is 0.330 e. The highest BCUT2D eigenvalue weighted by Crippen LogP contribution is 2.62. The Bertz CT molecular complexity index is 560. The van der Waals surface area contributed by atoms with Crippen LogP contribution in [0.1, 0.15) is 72.6 Å². The summed E-state index contributed by atoms with van der Waals surface area (Å²) in [5.74, 6) is 2.75. The Morgan fingerprint density at radius 2 is 2.12 bits per heavy atom. The summed E-state index contributed by atoms with van der Waals surface area (Å²) in [5, 5.41) is 0. The van der Waals surface area contributed by atoms with E-state index in [1.807, 2.05) is 0 Å². The highest BCUT2D eigenvalue weighted by Gasteiger charge is 2.55. The molecule has 5 unspecified atom stereocenters. The second-order valence-electron chi connectivity index (χ2n) is 9.73. The van der Waals surface area contributed by atoms with Crippen LogP contribution in [0.25, 0.3) is 0 Å². The van der Waals surface area contributed by atoms with Gasteiger partial charge in [0.25, 0.3) is 0 Å². The minimum atomic E-state index is -0.280. The van der Waals surface area contributed by atoms with Crippen LogP contribution >= 0.6 is 0 Å². The number of hydrogen-bond acceptors (Lipinski definition) is 2. The molecule has 0 N–H and O–H groups in total. The number of hydrogen-bond donors (Lipinski definition) is 0. The normalized spacial score (nSPS) is 40.7. The highest BCUT2D eigenvalue weighted by molar-refractivity contribution is 5.81. The molecular formula is C23H36O2. The minimum Gasteiger partial charge on any atom is -0.462 e. The van der Waals surface area contributed by atoms with Gasteiger partial charge in [0.15, 0.2) is 0 Å². The van der Waals surface area contributed by atoms with Crippen LogP contribution in [0.15, 0.2) is 24.3 Å². The van der Waals surface area contributed by atoms with Gasteiger partial charge in [-0.05, 0) is 67.6 Å². The van der Waals surface area contributed by atoms with Gasteiger partial charge in [-0.3, -0.25) is 0 Å². The van der Waals surface area contributed by atoms with Crippen molar-refractivity contribution < 1.29 is 9.53 Å². The number of carbonyl (C=O) groups excluding carboxylic acids is 1. The van der Waals surface area contributed by atoms with Gasteiger partial charge in [0.1, 0.15) is 0 Å². The van der Waals surface area contributed by atoms with Crippen molar-refractivity contribution >= 4 is 5.97 Å². The van der Waals surface area contributed by atoms with Crippen molar-refractivity contribution in [2.75, 3.05) is 6.61 Å². The van der Waals surface area contributed by atoms with Gasteiger partial charge < -0.3 is 4.74 Å². The number of esters is 1. The van der Waals surface area contributed by atoms with Gasteiger partial charge >= 0.3 is 5.97 Å². The van der Waals surface area contributed by atoms with E-state index in [4.69, 9.17) is 4.74 Å². The van der Waals surface area contributed by atoms with Crippen LogP contribution in [0.2, 0.25) is 0 Å². The molecule has 0 bridgehead atoms. The van der Waals surface area contributed by atoms with Crippen LogP contribution < -0.4 is 0 Å². The first kappa shape index (κ1) is 18.7. The van der Waals surface area contributed by atoms with Crippen molar-refractivity contribution in [3.05, 3.63) is 24.3 Å². The molecule has 0 aliphatic heterocycles. The largest absolute Gasteiger partial charge is 0.462 e. The van der Waals surface area contributed by atoms with E-state index in [1.54, 1.807) is 5.57 Å². The summed E-state index contributed by atoms with van der Waals surface area (Å²) in [6.07, 6.45) is 12.8. The molecule has 5 atom stereocenters. The molecule has 2 fully saturated rings. The second-order valence-corrected chi connectivity index (χ2v) is 9.73. The first-order valence-corrected chi connectivity index (χ1v) is 10.3. The fraction of sp³-hybridized carbons (Fsp3) is 0.783. The molecule has 0 aromatic heterocycles. The fourth-order valence-corrected chi connectivity index (χ4v) is 6.39. The van der Waals surface area contributed by atoms with Gasteiger partial charge in [0.2, 0.25) is 0 Å². The van der Waals surface area contributed by atoms with E-state index in [9.17, 15) is 4.79 Å². The molecule has 0 aromatic carbocycles. The lowest BCUT2D eigenvalue weighted by atomic mass is 9.46. The SMILES string of the molecule is C=CC(=O)OCC1(C)CCCC2(C)C3CCC(C(C)C)CC3=CCC12. The fourth-order valence-electron chi connectivity index (χ4n) is 6.39. The lowest BCUT2D eigenvalue weighted by Gasteiger charge is -2.59. The molecule has 0 heterocycles. The first-order valence-electron chi connectivity index (χ1n) is 10.3. The Balaban J connectivity index is 1.82. The van der Waals surface area contributed by atoms with Gasteiger partial charge in [-0.15, -0.1) is 0 Å². The standard InChI is InChI=1S/C23H36O2/c1-6-21(24)25-15-22(4)12-7-13-23(5)19-10-8-17(16(2)3)14-18(19)9-11-20(22)23/h6,9,16-17,19-20H,1,7-8,10-15H2,2-5H3. The van der Waals surface area contributed by atoms with Crippen molar-refractivity contribution in [3.63, 3.8) is 0 Å². The summed E-state index contributed by atoms with van der Waals surface area (Å²) in [4.78, 5) is 11.6. The molecule has 0 aromatic rings. The Labute approximate surface area is 154 Å². The molecule has 2 saturated carbocycles. The summed E-state index contributed by atoms with van der Waals surface area (Å²) < 4.78 is 5.53. The van der Waals surface area contributed by atoms with Crippen LogP contribution in [-0.4, -0.2) is 12.6 Å². The molecule has 3 aliphatic carbocycles. The van der Waals surface area contributed by atoms with E-state index in [0.717, 1.165) is 24.2 Å². The minimum absolute atomic E-state index is 0.0998. The summed E-state index contributed by atoms with van der Waals surface area (Å²) in [7, 11) is 0. The van der Waals surface area contributed by atoms with E-state index in [2.05, 4.69) is 40.3 Å². The third-order valence-electron chi connectivity index (χ3n) is 7.94. The Kier molecular flexibility index (Phi) is 5.19. The molecule has 2 nitrogen and oxygen atoms in total. The summed E-state index contributed by atoms with van der Waals surface area (Å²) >= 11 is 0. The zero-order chi connectivity index (χ0) is 18.2. The average molecular weight is 345 g/mol. The van der Waals surface area contributed by atoms with Gasteiger partial charge in [-0.25, -0.2) is 4.79 Å². The summed E-state index contributed by atoms with van der Waals surface area (Å²) in [6.45, 7) is 13.7. The van der Waals surface area contributed by atoms with Gasteiger partial charge in [0.05, 0.1) is 6.61 Å². The third-order valence-corrected chi connectivity index (χ3v) is 7.94. The molecule has 2 heteroatoms. The zero-order valence-electron chi connectivity index (χ0n) is 16.6. The Morgan fingerprint density at radius 3 is 2.80 bits per heavy atom. The van der Waals surface area contributed by atoms with Crippen molar-refractivity contribution in [1.29, 1.82) is 0 Å². The highest BCUT2D eigenvalue weighted by atomic mass is 16.5. The maximum atomic E-state index is 11.6. The van der Waals surface area contributed by atoms with Crippen LogP contribution in [0, 0.1) is 34.5 Å². The Morgan fingerprint density at radius 1 is 1.36 bits per heavy atom. The number of allylic oxidation sites excluding steroid dienone is 2. The lowest BCUT2D eigenvalue weighted by Crippen LogP contribution is -2.52. The molecule has 0 spiro atoms. The van der Waals surface area contributed by atoms with Crippen LogP contribution in [0.4, 0.5) is 0 Å².